The van der Waals surface area contributed by atoms with Crippen LogP contribution in [0.1, 0.15) is 12.8 Å². The number of aromatic nitrogens is 1. The summed E-state index contributed by atoms with van der Waals surface area (Å²) in [5.41, 5.74) is 2.01. The summed E-state index contributed by atoms with van der Waals surface area (Å²) in [6, 6.07) is 5.71. The van der Waals surface area contributed by atoms with Gasteiger partial charge in [-0.3, -0.25) is 0 Å². The third-order valence-electron chi connectivity index (χ3n) is 4.45. The Morgan fingerprint density at radius 2 is 2.17 bits per heavy atom. The number of anilines is 3. The molecule has 1 aliphatic rings. The molecular formula is C17H22N4O2. The number of nitrogens with one attached hydrogen (secondary N) is 1. The molecule has 1 aromatic heterocycles. The van der Waals surface area contributed by atoms with Crippen molar-refractivity contribution in [3.63, 3.8) is 0 Å². The van der Waals surface area contributed by atoms with E-state index in [-0.39, 0.29) is 0 Å². The second-order valence-electron chi connectivity index (χ2n) is 6.06. The Labute approximate surface area is 135 Å². The van der Waals surface area contributed by atoms with Gasteiger partial charge in [-0.25, -0.2) is 9.78 Å². The fourth-order valence-electron chi connectivity index (χ4n) is 3.20. The number of aliphatic carboxylic acids is 1. The lowest BCUT2D eigenvalue weighted by Crippen LogP contribution is -2.36. The van der Waals surface area contributed by atoms with Gasteiger partial charge in [-0.2, -0.15) is 0 Å². The lowest BCUT2D eigenvalue weighted by atomic mass is 10.1. The van der Waals surface area contributed by atoms with E-state index in [1.807, 2.05) is 30.9 Å². The molecule has 122 valence electrons. The average Bonchev–Trinajstić information content (AvgIpc) is 3.02. The molecule has 1 aromatic carbocycles. The Morgan fingerprint density at radius 1 is 1.39 bits per heavy atom. The van der Waals surface area contributed by atoms with Crippen LogP contribution in [0.3, 0.4) is 0 Å². The summed E-state index contributed by atoms with van der Waals surface area (Å²) in [5, 5.41) is 14.7. The van der Waals surface area contributed by atoms with E-state index in [1.54, 1.807) is 6.20 Å². The van der Waals surface area contributed by atoms with Gasteiger partial charge < -0.3 is 20.2 Å². The number of nitrogens with zero attached hydrogens (tertiary/aromatic N) is 3. The van der Waals surface area contributed by atoms with E-state index < -0.39 is 12.0 Å². The molecule has 6 heteroatoms. The van der Waals surface area contributed by atoms with Crippen LogP contribution < -0.4 is 15.1 Å². The molecule has 3 rings (SSSR count). The van der Waals surface area contributed by atoms with Crippen LogP contribution in [0.2, 0.25) is 0 Å². The van der Waals surface area contributed by atoms with Crippen LogP contribution in [0.4, 0.5) is 17.2 Å². The van der Waals surface area contributed by atoms with Crippen molar-refractivity contribution in [2.45, 2.75) is 18.9 Å². The van der Waals surface area contributed by atoms with Crippen LogP contribution in [0.25, 0.3) is 10.8 Å². The molecular weight excluding hydrogens is 292 g/mol. The zero-order valence-electron chi connectivity index (χ0n) is 13.7. The Balaban J connectivity index is 2.19. The van der Waals surface area contributed by atoms with Crippen LogP contribution in [-0.2, 0) is 4.79 Å². The van der Waals surface area contributed by atoms with Crippen LogP contribution in [0.5, 0.6) is 0 Å². The average molecular weight is 314 g/mol. The fraction of sp³-hybridized carbons (Fsp3) is 0.412. The number of hydrogen-bond acceptors (Lipinski definition) is 5. The maximum absolute atomic E-state index is 11.5. The minimum absolute atomic E-state index is 0.492. The molecule has 2 heterocycles. The summed E-state index contributed by atoms with van der Waals surface area (Å²) >= 11 is 0. The molecule has 0 bridgehead atoms. The molecule has 2 aromatic rings. The summed E-state index contributed by atoms with van der Waals surface area (Å²) in [6.07, 6.45) is 3.32. The van der Waals surface area contributed by atoms with Gasteiger partial charge in [-0.05, 0) is 25.0 Å². The molecule has 0 spiro atoms. The smallest absolute Gasteiger partial charge is 0.326 e. The summed E-state index contributed by atoms with van der Waals surface area (Å²) in [7, 11) is 5.85. The van der Waals surface area contributed by atoms with Gasteiger partial charge in [0.25, 0.3) is 0 Å². The van der Waals surface area contributed by atoms with E-state index in [1.165, 1.54) is 0 Å². The van der Waals surface area contributed by atoms with Gasteiger partial charge in [0.05, 0.1) is 11.9 Å². The summed E-state index contributed by atoms with van der Waals surface area (Å²) < 4.78 is 0. The van der Waals surface area contributed by atoms with Gasteiger partial charge in [0.1, 0.15) is 11.9 Å². The molecule has 2 N–H and O–H groups in total. The molecule has 23 heavy (non-hydrogen) atoms. The lowest BCUT2D eigenvalue weighted by Gasteiger charge is -2.25. The quantitative estimate of drug-likeness (QED) is 0.903. The van der Waals surface area contributed by atoms with Crippen molar-refractivity contribution in [1.82, 2.24) is 4.98 Å². The molecule has 1 unspecified atom stereocenters. The Bertz CT molecular complexity index is 745. The number of carboxylic acid groups (broad SMARTS) is 1. The third-order valence-corrected chi connectivity index (χ3v) is 4.45. The first kappa shape index (κ1) is 15.4. The van der Waals surface area contributed by atoms with Crippen molar-refractivity contribution < 1.29 is 9.90 Å². The summed E-state index contributed by atoms with van der Waals surface area (Å²) in [4.78, 5) is 20.1. The van der Waals surface area contributed by atoms with Crippen molar-refractivity contribution in [2.24, 2.45) is 0 Å². The van der Waals surface area contributed by atoms with E-state index in [4.69, 9.17) is 0 Å². The fourth-order valence-corrected chi connectivity index (χ4v) is 3.20. The Morgan fingerprint density at radius 3 is 2.83 bits per heavy atom. The Kier molecular flexibility index (Phi) is 3.98. The van der Waals surface area contributed by atoms with Crippen molar-refractivity contribution >= 4 is 33.9 Å². The van der Waals surface area contributed by atoms with E-state index in [2.05, 4.69) is 28.5 Å². The van der Waals surface area contributed by atoms with E-state index in [0.717, 1.165) is 40.9 Å². The standard InChI is InChI=1S/C17H22N4O2/c1-18-14-10-19-16(21-8-4-5-15(21)17(22)23)13-9-11(20(2)3)6-7-12(13)14/h6-7,9-10,15,18H,4-5,8H2,1-3H3,(H,22,23). The van der Waals surface area contributed by atoms with Crippen LogP contribution in [0.15, 0.2) is 24.4 Å². The largest absolute Gasteiger partial charge is 0.480 e. The number of benzene rings is 1. The maximum Gasteiger partial charge on any atom is 0.326 e. The van der Waals surface area contributed by atoms with Crippen LogP contribution >= 0.6 is 0 Å². The van der Waals surface area contributed by atoms with Crippen molar-refractivity contribution in [1.29, 1.82) is 0 Å². The number of fused-ring (bicyclic) bond motifs is 1. The van der Waals surface area contributed by atoms with E-state index in [0.29, 0.717) is 6.42 Å². The first-order chi connectivity index (χ1) is 11.0. The van der Waals surface area contributed by atoms with Crippen molar-refractivity contribution in [3.8, 4) is 0 Å². The van der Waals surface area contributed by atoms with Gasteiger partial charge in [0.2, 0.25) is 0 Å². The second-order valence-corrected chi connectivity index (χ2v) is 6.06. The summed E-state index contributed by atoms with van der Waals surface area (Å²) in [6.45, 7) is 0.726. The van der Waals surface area contributed by atoms with E-state index in [9.17, 15) is 9.90 Å². The monoisotopic (exact) mass is 314 g/mol. The minimum atomic E-state index is -0.779. The Hall–Kier alpha value is -2.50. The van der Waals surface area contributed by atoms with Gasteiger partial charge in [0, 0.05) is 44.1 Å². The van der Waals surface area contributed by atoms with E-state index >= 15 is 0 Å². The first-order valence-corrected chi connectivity index (χ1v) is 7.80. The van der Waals surface area contributed by atoms with Crippen molar-refractivity contribution in [3.05, 3.63) is 24.4 Å². The molecule has 1 atom stereocenters. The highest BCUT2D eigenvalue weighted by Crippen LogP contribution is 2.35. The van der Waals surface area contributed by atoms with Crippen LogP contribution in [-0.4, -0.2) is 49.8 Å². The SMILES string of the molecule is CNc1cnc(N2CCCC2C(=O)O)c2cc(N(C)C)ccc12. The summed E-state index contributed by atoms with van der Waals surface area (Å²) in [5.74, 6) is -0.0218. The topological polar surface area (TPSA) is 68.7 Å². The van der Waals surface area contributed by atoms with Crippen molar-refractivity contribution in [2.75, 3.05) is 42.8 Å². The van der Waals surface area contributed by atoms with Gasteiger partial charge in [-0.1, -0.05) is 6.07 Å². The highest BCUT2D eigenvalue weighted by Gasteiger charge is 2.32. The predicted octanol–water partition coefficient (Wildman–Crippen LogP) is 2.40. The number of pyridine rings is 1. The van der Waals surface area contributed by atoms with Crippen LogP contribution in [0, 0.1) is 0 Å². The molecule has 1 saturated heterocycles. The molecule has 1 fully saturated rings. The molecule has 0 aliphatic carbocycles. The zero-order valence-corrected chi connectivity index (χ0v) is 13.7. The number of carboxylic acids is 1. The molecule has 6 nitrogen and oxygen atoms in total. The minimum Gasteiger partial charge on any atom is -0.480 e. The first-order valence-electron chi connectivity index (χ1n) is 7.80. The molecule has 0 amide bonds. The third kappa shape index (κ3) is 2.65. The highest BCUT2D eigenvalue weighted by molar-refractivity contribution is 6.02. The molecule has 0 radical (unpaired) electrons. The maximum atomic E-state index is 11.5. The van der Waals surface area contributed by atoms with Gasteiger partial charge >= 0.3 is 5.97 Å². The number of hydrogen-bond donors (Lipinski definition) is 2. The van der Waals surface area contributed by atoms with Gasteiger partial charge in [-0.15, -0.1) is 0 Å². The second kappa shape index (κ2) is 5.95. The number of carbonyl (C=O) groups is 1. The molecule has 0 saturated carbocycles. The normalized spacial score (nSPS) is 17.5. The number of rotatable bonds is 4. The highest BCUT2D eigenvalue weighted by atomic mass is 16.4. The molecule has 1 aliphatic heterocycles. The predicted molar refractivity (Wildman–Crippen MR) is 93.6 cm³/mol. The lowest BCUT2D eigenvalue weighted by molar-refractivity contribution is -0.138. The van der Waals surface area contributed by atoms with Gasteiger partial charge in [0.15, 0.2) is 0 Å². The zero-order chi connectivity index (χ0) is 16.6.